The van der Waals surface area contributed by atoms with Crippen LogP contribution in [0.2, 0.25) is 0 Å². The van der Waals surface area contributed by atoms with Crippen molar-refractivity contribution >= 4 is 17.0 Å². The van der Waals surface area contributed by atoms with Crippen molar-refractivity contribution in [1.82, 2.24) is 4.57 Å². The topological polar surface area (TPSA) is 45.0 Å². The Balaban J connectivity index is 2.18. The first kappa shape index (κ1) is 19.9. The van der Waals surface area contributed by atoms with E-state index < -0.39 is 0 Å². The van der Waals surface area contributed by atoms with E-state index in [1.165, 1.54) is 23.5 Å². The molecule has 28 heavy (non-hydrogen) atoms. The maximum Gasteiger partial charge on any atom is 0.203 e. The van der Waals surface area contributed by atoms with Gasteiger partial charge in [0.2, 0.25) is 5.75 Å². The second-order valence-electron chi connectivity index (χ2n) is 6.37. The van der Waals surface area contributed by atoms with E-state index in [1.807, 2.05) is 17.5 Å². The summed E-state index contributed by atoms with van der Waals surface area (Å²) in [4.78, 5) is 5.52. The smallest absolute Gasteiger partial charge is 0.203 e. The average molecular weight is 402 g/mol. The van der Waals surface area contributed by atoms with E-state index >= 15 is 0 Å². The predicted molar refractivity (Wildman–Crippen MR) is 109 cm³/mol. The molecular formula is C21H23FN2O3S. The molecule has 0 fully saturated rings. The Kier molecular flexibility index (Phi) is 6.04. The summed E-state index contributed by atoms with van der Waals surface area (Å²) in [5.74, 6) is 1.46. The zero-order chi connectivity index (χ0) is 20.3. The number of rotatable bonds is 6. The molecule has 0 aliphatic rings. The zero-order valence-electron chi connectivity index (χ0n) is 16.5. The molecule has 0 atom stereocenters. The number of aromatic nitrogens is 1. The highest BCUT2D eigenvalue weighted by Crippen LogP contribution is 2.41. The summed E-state index contributed by atoms with van der Waals surface area (Å²) >= 11 is 1.52. The molecule has 1 aromatic heterocycles. The van der Waals surface area contributed by atoms with E-state index in [9.17, 15) is 4.39 Å². The number of hydrogen-bond donors (Lipinski definition) is 0. The van der Waals surface area contributed by atoms with Crippen LogP contribution in [0.4, 0.5) is 10.1 Å². The summed E-state index contributed by atoms with van der Waals surface area (Å²) in [5, 5.41) is 2.04. The molecule has 7 heteroatoms. The van der Waals surface area contributed by atoms with Crippen molar-refractivity contribution in [3.8, 4) is 28.5 Å². The molecule has 0 aliphatic heterocycles. The van der Waals surface area contributed by atoms with E-state index in [4.69, 9.17) is 19.2 Å². The fraction of sp³-hybridized carbons (Fsp3) is 0.286. The Bertz CT molecular complexity index is 998. The lowest BCUT2D eigenvalue weighted by atomic mass is 10.1. The first-order valence-corrected chi connectivity index (χ1v) is 9.67. The number of halogens is 1. The normalized spacial score (nSPS) is 11.8. The molecule has 3 rings (SSSR count). The third-order valence-electron chi connectivity index (χ3n) is 4.27. The van der Waals surface area contributed by atoms with Crippen molar-refractivity contribution in [3.05, 3.63) is 52.4 Å². The Labute approximate surface area is 167 Å². The van der Waals surface area contributed by atoms with Crippen molar-refractivity contribution in [3.63, 3.8) is 0 Å². The Hall–Kier alpha value is -2.80. The third-order valence-corrected chi connectivity index (χ3v) is 5.11. The van der Waals surface area contributed by atoms with Gasteiger partial charge in [0.15, 0.2) is 16.3 Å². The van der Waals surface area contributed by atoms with Crippen LogP contribution in [-0.4, -0.2) is 25.9 Å². The van der Waals surface area contributed by atoms with Crippen molar-refractivity contribution in [2.45, 2.75) is 19.9 Å². The molecular weight excluding hydrogens is 379 g/mol. The van der Waals surface area contributed by atoms with Crippen LogP contribution in [0, 0.1) is 5.82 Å². The highest BCUT2D eigenvalue weighted by atomic mass is 32.1. The molecule has 0 spiro atoms. The van der Waals surface area contributed by atoms with E-state index in [0.29, 0.717) is 22.9 Å². The van der Waals surface area contributed by atoms with Gasteiger partial charge in [0.1, 0.15) is 5.82 Å². The van der Waals surface area contributed by atoms with Gasteiger partial charge in [-0.15, -0.1) is 11.3 Å². The fourth-order valence-corrected chi connectivity index (χ4v) is 4.01. The first-order valence-electron chi connectivity index (χ1n) is 8.79. The highest BCUT2D eigenvalue weighted by molar-refractivity contribution is 7.07. The second-order valence-corrected chi connectivity index (χ2v) is 7.21. The molecule has 2 aromatic carbocycles. The standard InChI is InChI=1S/C21H23FN2O3S/c1-13(2)24-17(12-28-21(24)23-16-8-6-15(22)7-9-16)14-10-18(25-3)20(27-5)19(11-14)26-4/h6-13H,1-5H3. The molecule has 0 saturated heterocycles. The number of benzene rings is 2. The van der Waals surface area contributed by atoms with Crippen molar-refractivity contribution in [2.24, 2.45) is 4.99 Å². The molecule has 0 N–H and O–H groups in total. The minimum atomic E-state index is -0.278. The van der Waals surface area contributed by atoms with E-state index in [0.717, 1.165) is 16.1 Å². The van der Waals surface area contributed by atoms with E-state index in [1.54, 1.807) is 33.5 Å². The van der Waals surface area contributed by atoms with Gasteiger partial charge in [-0.3, -0.25) is 0 Å². The van der Waals surface area contributed by atoms with Crippen LogP contribution in [-0.2, 0) is 0 Å². The van der Waals surface area contributed by atoms with Crippen LogP contribution in [0.25, 0.3) is 11.3 Å². The molecule has 3 aromatic rings. The Morgan fingerprint density at radius 1 is 0.964 bits per heavy atom. The van der Waals surface area contributed by atoms with Gasteiger partial charge in [0.25, 0.3) is 0 Å². The number of hydrogen-bond acceptors (Lipinski definition) is 5. The Morgan fingerprint density at radius 2 is 1.57 bits per heavy atom. The van der Waals surface area contributed by atoms with E-state index in [2.05, 4.69) is 18.4 Å². The number of methoxy groups -OCH3 is 3. The monoisotopic (exact) mass is 402 g/mol. The third kappa shape index (κ3) is 3.89. The average Bonchev–Trinajstić information content (AvgIpc) is 3.12. The molecule has 0 unspecified atom stereocenters. The summed E-state index contributed by atoms with van der Waals surface area (Å²) in [6.07, 6.45) is 0. The number of ether oxygens (including phenoxy) is 3. The fourth-order valence-electron chi connectivity index (χ4n) is 2.97. The summed E-state index contributed by atoms with van der Waals surface area (Å²) in [5.41, 5.74) is 2.62. The lowest BCUT2D eigenvalue weighted by Gasteiger charge is -2.17. The molecule has 1 heterocycles. The van der Waals surface area contributed by atoms with Crippen molar-refractivity contribution in [2.75, 3.05) is 21.3 Å². The molecule has 0 amide bonds. The zero-order valence-corrected chi connectivity index (χ0v) is 17.3. The summed E-state index contributed by atoms with van der Waals surface area (Å²) in [6, 6.07) is 10.2. The molecule has 0 aliphatic carbocycles. The van der Waals surface area contributed by atoms with Gasteiger partial charge in [-0.2, -0.15) is 0 Å². The maximum atomic E-state index is 13.2. The first-order chi connectivity index (χ1) is 13.5. The molecule has 0 bridgehead atoms. The lowest BCUT2D eigenvalue weighted by molar-refractivity contribution is 0.324. The van der Waals surface area contributed by atoms with Gasteiger partial charge in [-0.05, 0) is 50.2 Å². The second kappa shape index (κ2) is 8.48. The lowest BCUT2D eigenvalue weighted by Crippen LogP contribution is -2.17. The SMILES string of the molecule is COc1cc(-c2csc(=Nc3ccc(F)cc3)n2C(C)C)cc(OC)c1OC. The number of thiazole rings is 1. The van der Waals surface area contributed by atoms with Crippen LogP contribution < -0.4 is 19.0 Å². The van der Waals surface area contributed by atoms with Crippen LogP contribution in [0.5, 0.6) is 17.2 Å². The molecule has 0 radical (unpaired) electrons. The van der Waals surface area contributed by atoms with E-state index in [-0.39, 0.29) is 11.9 Å². The molecule has 5 nitrogen and oxygen atoms in total. The van der Waals surface area contributed by atoms with Crippen molar-refractivity contribution < 1.29 is 18.6 Å². The Morgan fingerprint density at radius 3 is 2.07 bits per heavy atom. The molecule has 0 saturated carbocycles. The maximum absolute atomic E-state index is 13.2. The van der Waals surface area contributed by atoms with Gasteiger partial charge in [0.05, 0.1) is 32.7 Å². The van der Waals surface area contributed by atoms with Gasteiger partial charge >= 0.3 is 0 Å². The van der Waals surface area contributed by atoms with Gasteiger partial charge in [-0.25, -0.2) is 9.38 Å². The minimum absolute atomic E-state index is 0.166. The molecule has 148 valence electrons. The largest absolute Gasteiger partial charge is 0.493 e. The summed E-state index contributed by atoms with van der Waals surface area (Å²) in [7, 11) is 4.78. The van der Waals surface area contributed by atoms with Crippen LogP contribution in [0.3, 0.4) is 0 Å². The number of nitrogens with zero attached hydrogens (tertiary/aromatic N) is 2. The van der Waals surface area contributed by atoms with Crippen LogP contribution in [0.15, 0.2) is 46.8 Å². The summed E-state index contributed by atoms with van der Waals surface area (Å²) < 4.78 is 31.7. The highest BCUT2D eigenvalue weighted by Gasteiger charge is 2.18. The quantitative estimate of drug-likeness (QED) is 0.570. The van der Waals surface area contributed by atoms with Crippen LogP contribution in [0.1, 0.15) is 19.9 Å². The van der Waals surface area contributed by atoms with Gasteiger partial charge < -0.3 is 18.8 Å². The minimum Gasteiger partial charge on any atom is -0.493 e. The van der Waals surface area contributed by atoms with Gasteiger partial charge in [-0.1, -0.05) is 0 Å². The summed E-state index contributed by atoms with van der Waals surface area (Å²) in [6.45, 7) is 4.19. The predicted octanol–water partition coefficient (Wildman–Crippen LogP) is 5.19. The van der Waals surface area contributed by atoms with Crippen molar-refractivity contribution in [1.29, 1.82) is 0 Å². The van der Waals surface area contributed by atoms with Crippen LogP contribution >= 0.6 is 11.3 Å². The van der Waals surface area contributed by atoms with Gasteiger partial charge in [0, 0.05) is 17.0 Å².